The van der Waals surface area contributed by atoms with Crippen LogP contribution in [0.5, 0.6) is 0 Å². The van der Waals surface area contributed by atoms with Crippen LogP contribution < -0.4 is 0 Å². The van der Waals surface area contributed by atoms with E-state index in [9.17, 15) is 9.18 Å². The van der Waals surface area contributed by atoms with Crippen LogP contribution >= 0.6 is 0 Å². The first-order valence-electron chi connectivity index (χ1n) is 6.86. The zero-order valence-electron chi connectivity index (χ0n) is 12.0. The maximum atomic E-state index is 14.1. The van der Waals surface area contributed by atoms with Gasteiger partial charge in [-0.3, -0.25) is 4.79 Å². The topological polar surface area (TPSA) is 20.3 Å². The first kappa shape index (κ1) is 13.6. The summed E-state index contributed by atoms with van der Waals surface area (Å²) >= 11 is 0. The third-order valence-electron chi connectivity index (χ3n) is 3.69. The Morgan fingerprint density at radius 3 is 2.43 bits per heavy atom. The molecular formula is C18H16FNO. The molecule has 0 radical (unpaired) electrons. The number of carbonyl (C=O) groups excluding carboxylic acids is 1. The van der Waals surface area contributed by atoms with Gasteiger partial charge in [-0.15, -0.1) is 0 Å². The number of hydrogen-bond donors (Lipinski definition) is 0. The third-order valence-corrected chi connectivity index (χ3v) is 3.69. The third kappa shape index (κ3) is 2.25. The van der Waals surface area contributed by atoms with Gasteiger partial charge in [0.25, 0.3) is 0 Å². The summed E-state index contributed by atoms with van der Waals surface area (Å²) in [7, 11) is 3.73. The Morgan fingerprint density at radius 1 is 1.05 bits per heavy atom. The highest BCUT2D eigenvalue weighted by Crippen LogP contribution is 2.42. The highest BCUT2D eigenvalue weighted by molar-refractivity contribution is 6.15. The molecule has 0 spiro atoms. The molecule has 3 rings (SSSR count). The summed E-state index contributed by atoms with van der Waals surface area (Å²) in [4.78, 5) is 14.4. The zero-order valence-corrected chi connectivity index (χ0v) is 12.0. The van der Waals surface area contributed by atoms with Gasteiger partial charge in [-0.1, -0.05) is 42.5 Å². The van der Waals surface area contributed by atoms with Crippen LogP contribution in [0, 0.1) is 5.82 Å². The van der Waals surface area contributed by atoms with E-state index in [0.717, 1.165) is 11.1 Å². The van der Waals surface area contributed by atoms with Crippen LogP contribution in [0.25, 0.3) is 0 Å². The Morgan fingerprint density at radius 2 is 1.76 bits per heavy atom. The van der Waals surface area contributed by atoms with E-state index in [0.29, 0.717) is 5.57 Å². The highest BCUT2D eigenvalue weighted by atomic mass is 19.1. The Bertz CT molecular complexity index is 719. The SMILES string of the molecule is CN(C)C=C1C(=O)c2c(F)cccc2[C@H]1c1ccccc1. The molecule has 0 saturated carbocycles. The van der Waals surface area contributed by atoms with Crippen molar-refractivity contribution in [1.82, 2.24) is 4.90 Å². The van der Waals surface area contributed by atoms with Crippen LogP contribution in [-0.2, 0) is 0 Å². The lowest BCUT2D eigenvalue weighted by Gasteiger charge is -2.15. The number of carbonyl (C=O) groups is 1. The number of rotatable bonds is 2. The maximum Gasteiger partial charge on any atom is 0.194 e. The molecule has 1 aliphatic rings. The first-order chi connectivity index (χ1) is 10.1. The molecule has 0 saturated heterocycles. The summed E-state index contributed by atoms with van der Waals surface area (Å²) in [6.45, 7) is 0. The van der Waals surface area contributed by atoms with Crippen LogP contribution in [0.2, 0.25) is 0 Å². The van der Waals surface area contributed by atoms with E-state index in [1.807, 2.05) is 55.4 Å². The molecule has 106 valence electrons. The molecule has 2 aromatic rings. The van der Waals surface area contributed by atoms with E-state index in [1.165, 1.54) is 6.07 Å². The van der Waals surface area contributed by atoms with Gasteiger partial charge in [0.05, 0.1) is 5.56 Å². The van der Waals surface area contributed by atoms with Gasteiger partial charge < -0.3 is 4.90 Å². The predicted octanol–water partition coefficient (Wildman–Crippen LogP) is 3.60. The van der Waals surface area contributed by atoms with E-state index in [2.05, 4.69) is 0 Å². The van der Waals surface area contributed by atoms with Gasteiger partial charge in [0.15, 0.2) is 5.78 Å². The minimum Gasteiger partial charge on any atom is -0.383 e. The molecule has 1 atom stereocenters. The van der Waals surface area contributed by atoms with E-state index in [-0.39, 0.29) is 17.3 Å². The summed E-state index contributed by atoms with van der Waals surface area (Å²) < 4.78 is 14.1. The van der Waals surface area contributed by atoms with Crippen molar-refractivity contribution in [3.05, 3.63) is 82.8 Å². The standard InChI is InChI=1S/C18H16FNO/c1-20(2)11-14-16(12-7-4-3-5-8-12)13-9-6-10-15(19)17(13)18(14)21/h3-11,16H,1-2H3/t16-/m1/s1. The van der Waals surface area contributed by atoms with E-state index < -0.39 is 5.82 Å². The number of allylic oxidation sites excluding steroid dienone is 1. The molecule has 2 aromatic carbocycles. The van der Waals surface area contributed by atoms with Gasteiger partial charge in [0, 0.05) is 31.8 Å². The van der Waals surface area contributed by atoms with Crippen LogP contribution in [0.4, 0.5) is 4.39 Å². The second kappa shape index (κ2) is 5.17. The lowest BCUT2D eigenvalue weighted by molar-refractivity contribution is 0.103. The van der Waals surface area contributed by atoms with Gasteiger partial charge in [-0.25, -0.2) is 4.39 Å². The number of nitrogens with zero attached hydrogens (tertiary/aromatic N) is 1. The largest absolute Gasteiger partial charge is 0.383 e. The van der Waals surface area contributed by atoms with E-state index in [4.69, 9.17) is 0 Å². The van der Waals surface area contributed by atoms with Gasteiger partial charge in [-0.2, -0.15) is 0 Å². The molecule has 0 unspecified atom stereocenters. The monoisotopic (exact) mass is 281 g/mol. The molecule has 2 nitrogen and oxygen atoms in total. The molecule has 0 heterocycles. The fourth-order valence-corrected chi connectivity index (χ4v) is 2.88. The fourth-order valence-electron chi connectivity index (χ4n) is 2.88. The first-order valence-corrected chi connectivity index (χ1v) is 6.86. The summed E-state index contributed by atoms with van der Waals surface area (Å²) in [5.41, 5.74) is 2.58. The molecule has 3 heteroatoms. The molecule has 0 fully saturated rings. The number of ketones is 1. The fraction of sp³-hybridized carbons (Fsp3) is 0.167. The van der Waals surface area contributed by atoms with Gasteiger partial charge in [-0.05, 0) is 17.2 Å². The van der Waals surface area contributed by atoms with Crippen LogP contribution in [0.1, 0.15) is 27.4 Å². The van der Waals surface area contributed by atoms with Crippen molar-refractivity contribution >= 4 is 5.78 Å². The van der Waals surface area contributed by atoms with Crippen molar-refractivity contribution in [2.75, 3.05) is 14.1 Å². The molecule has 0 N–H and O–H groups in total. The second-order valence-electron chi connectivity index (χ2n) is 5.42. The molecule has 0 bridgehead atoms. The zero-order chi connectivity index (χ0) is 15.0. The van der Waals surface area contributed by atoms with Crippen LogP contribution in [0.15, 0.2) is 60.3 Å². The van der Waals surface area contributed by atoms with Crippen molar-refractivity contribution in [2.45, 2.75) is 5.92 Å². The molecule has 0 amide bonds. The van der Waals surface area contributed by atoms with Crippen molar-refractivity contribution in [3.8, 4) is 0 Å². The van der Waals surface area contributed by atoms with E-state index >= 15 is 0 Å². The summed E-state index contributed by atoms with van der Waals surface area (Å²) in [5, 5.41) is 0. The number of Topliss-reactive ketones (excluding diaryl/α,β-unsaturated/α-hetero) is 1. The van der Waals surface area contributed by atoms with E-state index in [1.54, 1.807) is 12.3 Å². The normalized spacial score (nSPS) is 18.9. The Labute approximate surface area is 123 Å². The summed E-state index contributed by atoms with van der Waals surface area (Å²) in [6.07, 6.45) is 1.79. The number of fused-ring (bicyclic) bond motifs is 1. The summed E-state index contributed by atoms with van der Waals surface area (Å²) in [6, 6.07) is 14.6. The predicted molar refractivity (Wildman–Crippen MR) is 80.8 cm³/mol. The van der Waals surface area contributed by atoms with Crippen molar-refractivity contribution in [2.24, 2.45) is 0 Å². The summed E-state index contributed by atoms with van der Waals surface area (Å²) in [5.74, 6) is -0.863. The van der Waals surface area contributed by atoms with Crippen molar-refractivity contribution < 1.29 is 9.18 Å². The van der Waals surface area contributed by atoms with Gasteiger partial charge in [0.2, 0.25) is 0 Å². The minimum atomic E-state index is -0.444. The lowest BCUT2D eigenvalue weighted by atomic mass is 9.90. The Hall–Kier alpha value is -2.42. The molecule has 1 aliphatic carbocycles. The molecule has 0 aromatic heterocycles. The maximum absolute atomic E-state index is 14.1. The smallest absolute Gasteiger partial charge is 0.194 e. The molecular weight excluding hydrogens is 265 g/mol. The average molecular weight is 281 g/mol. The second-order valence-corrected chi connectivity index (χ2v) is 5.42. The van der Waals surface area contributed by atoms with Crippen molar-refractivity contribution in [3.63, 3.8) is 0 Å². The highest BCUT2D eigenvalue weighted by Gasteiger charge is 2.37. The van der Waals surface area contributed by atoms with Crippen LogP contribution in [-0.4, -0.2) is 24.8 Å². The minimum absolute atomic E-state index is 0.202. The Balaban J connectivity index is 2.24. The quantitative estimate of drug-likeness (QED) is 0.784. The molecule has 21 heavy (non-hydrogen) atoms. The lowest BCUT2D eigenvalue weighted by Crippen LogP contribution is -2.09. The van der Waals surface area contributed by atoms with Crippen LogP contribution in [0.3, 0.4) is 0 Å². The van der Waals surface area contributed by atoms with Gasteiger partial charge >= 0.3 is 0 Å². The number of halogens is 1. The molecule has 0 aliphatic heterocycles. The van der Waals surface area contributed by atoms with Crippen molar-refractivity contribution in [1.29, 1.82) is 0 Å². The number of hydrogen-bond acceptors (Lipinski definition) is 2. The number of benzene rings is 2. The Kier molecular flexibility index (Phi) is 3.34. The van der Waals surface area contributed by atoms with Gasteiger partial charge in [0.1, 0.15) is 5.82 Å². The average Bonchev–Trinajstić information content (AvgIpc) is 2.73.